The molecule has 0 aliphatic carbocycles. The summed E-state index contributed by atoms with van der Waals surface area (Å²) in [5, 5.41) is 0. The van der Waals surface area contributed by atoms with Crippen LogP contribution in [0.1, 0.15) is 41.4 Å². The van der Waals surface area contributed by atoms with Crippen molar-refractivity contribution in [2.24, 2.45) is 0 Å². The minimum absolute atomic E-state index is 0.00279. The minimum atomic E-state index is -0.658. The zero-order valence-corrected chi connectivity index (χ0v) is 22.7. The van der Waals surface area contributed by atoms with Crippen molar-refractivity contribution in [3.8, 4) is 0 Å². The lowest BCUT2D eigenvalue weighted by Crippen LogP contribution is -2.17. The van der Waals surface area contributed by atoms with Gasteiger partial charge in [0.25, 0.3) is 0 Å². The van der Waals surface area contributed by atoms with Gasteiger partial charge in [0, 0.05) is 0 Å². The Kier molecular flexibility index (Phi) is 15.8. The van der Waals surface area contributed by atoms with Crippen molar-refractivity contribution in [3.05, 3.63) is 96.1 Å². The number of carbonyl (C=O) groups is 4. The van der Waals surface area contributed by atoms with E-state index in [9.17, 15) is 19.2 Å². The summed E-state index contributed by atoms with van der Waals surface area (Å²) in [6.45, 7) is 8.45. The molecule has 41 heavy (non-hydrogen) atoms. The molecule has 0 amide bonds. The summed E-state index contributed by atoms with van der Waals surface area (Å²) < 4.78 is 36.4. The Bertz CT molecular complexity index is 1070. The molecule has 0 bridgehead atoms. The monoisotopic (exact) mass is 570 g/mol. The summed E-state index contributed by atoms with van der Waals surface area (Å²) >= 11 is 0. The molecular formula is C30H34O11. The number of ether oxygens (including phenoxy) is 7. The Morgan fingerprint density at radius 3 is 1.02 bits per heavy atom. The zero-order valence-electron chi connectivity index (χ0n) is 22.7. The summed E-state index contributed by atoms with van der Waals surface area (Å²) in [4.78, 5) is 48.8. The van der Waals surface area contributed by atoms with Crippen LogP contribution in [0, 0.1) is 0 Å². The summed E-state index contributed by atoms with van der Waals surface area (Å²) in [6, 6.07) is 12.4. The normalized spacial score (nSPS) is 10.3. The van der Waals surface area contributed by atoms with E-state index < -0.39 is 23.9 Å². The first-order valence-corrected chi connectivity index (χ1v) is 12.8. The molecule has 2 aromatic carbocycles. The number of carbonyl (C=O) groups excluding carboxylic acids is 4. The second-order valence-corrected chi connectivity index (χ2v) is 7.97. The predicted molar refractivity (Wildman–Crippen MR) is 147 cm³/mol. The molecule has 0 unspecified atom stereocenters. The first-order valence-electron chi connectivity index (χ1n) is 12.8. The smallest absolute Gasteiger partial charge is 0.339 e. The van der Waals surface area contributed by atoms with E-state index in [1.54, 1.807) is 24.3 Å². The largest absolute Gasteiger partial charge is 0.460 e. The highest BCUT2D eigenvalue weighted by Gasteiger charge is 2.19. The Morgan fingerprint density at radius 2 is 0.732 bits per heavy atom. The molecule has 220 valence electrons. The SMILES string of the molecule is C=CCOC(=O)c1ccccc1C(=O)OCCOCCOCCOCCOC(=O)c1ccccc1C(=O)OCC=C. The average Bonchev–Trinajstić information content (AvgIpc) is 3.00. The zero-order chi connectivity index (χ0) is 29.7. The fraction of sp³-hybridized carbons (Fsp3) is 0.333. The van der Waals surface area contributed by atoms with Gasteiger partial charge >= 0.3 is 23.9 Å². The van der Waals surface area contributed by atoms with E-state index in [4.69, 9.17) is 33.2 Å². The summed E-state index contributed by atoms with van der Waals surface area (Å²) in [5.41, 5.74) is 0.434. The summed E-state index contributed by atoms with van der Waals surface area (Å²) in [6.07, 6.45) is 2.87. The first kappa shape index (κ1) is 32.9. The van der Waals surface area contributed by atoms with Gasteiger partial charge in [-0.05, 0) is 24.3 Å². The van der Waals surface area contributed by atoms with E-state index in [1.165, 1.54) is 36.4 Å². The lowest BCUT2D eigenvalue weighted by molar-refractivity contribution is -0.00686. The molecule has 0 saturated carbocycles. The highest BCUT2D eigenvalue weighted by Crippen LogP contribution is 2.13. The second kappa shape index (κ2) is 19.7. The van der Waals surface area contributed by atoms with Crippen molar-refractivity contribution < 1.29 is 52.3 Å². The standard InChI is InChI=1S/C30H34O11/c1-3-13-38-27(31)23-9-5-7-11-25(23)29(33)40-21-19-36-17-15-35-16-18-37-20-22-41-30(34)26-12-8-6-10-24(26)28(32)39-14-4-2/h3-12H,1-2,13-22H2. The molecule has 0 aliphatic rings. The number of hydrogen-bond acceptors (Lipinski definition) is 11. The first-order chi connectivity index (χ1) is 20.0. The Hall–Kier alpha value is -4.32. The van der Waals surface area contributed by atoms with Gasteiger partial charge in [-0.3, -0.25) is 0 Å². The molecule has 2 rings (SSSR count). The van der Waals surface area contributed by atoms with Crippen LogP contribution in [-0.4, -0.2) is 89.9 Å². The van der Waals surface area contributed by atoms with Crippen LogP contribution < -0.4 is 0 Å². The molecule has 0 aliphatic heterocycles. The van der Waals surface area contributed by atoms with Gasteiger partial charge in [-0.25, -0.2) is 19.2 Å². The minimum Gasteiger partial charge on any atom is -0.460 e. The van der Waals surface area contributed by atoms with Crippen molar-refractivity contribution in [3.63, 3.8) is 0 Å². The van der Waals surface area contributed by atoms with E-state index >= 15 is 0 Å². The van der Waals surface area contributed by atoms with Gasteiger partial charge in [-0.1, -0.05) is 49.6 Å². The van der Waals surface area contributed by atoms with Crippen LogP contribution in [0.4, 0.5) is 0 Å². The van der Waals surface area contributed by atoms with Crippen molar-refractivity contribution >= 4 is 23.9 Å². The van der Waals surface area contributed by atoms with E-state index in [0.29, 0.717) is 13.2 Å². The molecule has 0 saturated heterocycles. The second-order valence-electron chi connectivity index (χ2n) is 7.97. The molecule has 0 atom stereocenters. The van der Waals surface area contributed by atoms with E-state index in [-0.39, 0.29) is 75.1 Å². The Morgan fingerprint density at radius 1 is 0.463 bits per heavy atom. The van der Waals surface area contributed by atoms with Gasteiger partial charge in [-0.15, -0.1) is 0 Å². The number of esters is 4. The van der Waals surface area contributed by atoms with Crippen LogP contribution >= 0.6 is 0 Å². The van der Waals surface area contributed by atoms with Gasteiger partial charge in [0.05, 0.1) is 61.9 Å². The molecule has 11 heteroatoms. The quantitative estimate of drug-likeness (QED) is 0.100. The number of benzene rings is 2. The van der Waals surface area contributed by atoms with Crippen LogP contribution in [0.2, 0.25) is 0 Å². The van der Waals surface area contributed by atoms with E-state index in [2.05, 4.69) is 13.2 Å². The Labute approximate surface area is 238 Å². The number of rotatable bonds is 20. The van der Waals surface area contributed by atoms with Gasteiger partial charge in [0.2, 0.25) is 0 Å². The van der Waals surface area contributed by atoms with Gasteiger partial charge in [0.1, 0.15) is 26.4 Å². The lowest BCUT2D eigenvalue weighted by Gasteiger charge is -2.10. The lowest BCUT2D eigenvalue weighted by atomic mass is 10.1. The Balaban J connectivity index is 1.51. The molecule has 0 spiro atoms. The maximum absolute atomic E-state index is 12.3. The maximum Gasteiger partial charge on any atom is 0.339 e. The third-order valence-corrected chi connectivity index (χ3v) is 5.06. The maximum atomic E-state index is 12.3. The van der Waals surface area contributed by atoms with Crippen molar-refractivity contribution in [1.82, 2.24) is 0 Å². The molecule has 11 nitrogen and oxygen atoms in total. The predicted octanol–water partition coefficient (Wildman–Crippen LogP) is 3.44. The summed E-state index contributed by atoms with van der Waals surface area (Å²) in [7, 11) is 0. The van der Waals surface area contributed by atoms with Crippen LogP contribution in [-0.2, 0) is 33.2 Å². The highest BCUT2D eigenvalue weighted by atomic mass is 16.6. The molecule has 0 aromatic heterocycles. The van der Waals surface area contributed by atoms with Gasteiger partial charge < -0.3 is 33.2 Å². The van der Waals surface area contributed by atoms with Crippen LogP contribution in [0.15, 0.2) is 73.8 Å². The summed E-state index contributed by atoms with van der Waals surface area (Å²) in [5.74, 6) is -2.59. The molecule has 0 heterocycles. The van der Waals surface area contributed by atoms with Crippen molar-refractivity contribution in [2.45, 2.75) is 0 Å². The topological polar surface area (TPSA) is 133 Å². The fourth-order valence-electron chi connectivity index (χ4n) is 3.19. The van der Waals surface area contributed by atoms with E-state index in [0.717, 1.165) is 0 Å². The van der Waals surface area contributed by atoms with Crippen LogP contribution in [0.5, 0.6) is 0 Å². The highest BCUT2D eigenvalue weighted by molar-refractivity contribution is 6.03. The van der Waals surface area contributed by atoms with Crippen molar-refractivity contribution in [1.29, 1.82) is 0 Å². The molecule has 0 fully saturated rings. The van der Waals surface area contributed by atoms with Gasteiger partial charge in [0.15, 0.2) is 0 Å². The van der Waals surface area contributed by atoms with Crippen molar-refractivity contribution in [2.75, 3.05) is 66.1 Å². The molecular weight excluding hydrogens is 536 g/mol. The molecule has 2 aromatic rings. The van der Waals surface area contributed by atoms with Gasteiger partial charge in [-0.2, -0.15) is 0 Å². The van der Waals surface area contributed by atoms with Crippen LogP contribution in [0.3, 0.4) is 0 Å². The third kappa shape index (κ3) is 12.2. The number of hydrogen-bond donors (Lipinski definition) is 0. The van der Waals surface area contributed by atoms with E-state index in [1.807, 2.05) is 0 Å². The molecule has 0 radical (unpaired) electrons. The fourth-order valence-corrected chi connectivity index (χ4v) is 3.19. The molecule has 0 N–H and O–H groups in total. The average molecular weight is 571 g/mol. The van der Waals surface area contributed by atoms with Crippen LogP contribution in [0.25, 0.3) is 0 Å². The third-order valence-electron chi connectivity index (χ3n) is 5.06.